The van der Waals surface area contributed by atoms with Gasteiger partial charge >= 0.3 is 0 Å². The minimum absolute atomic E-state index is 0.287. The lowest BCUT2D eigenvalue weighted by molar-refractivity contribution is 0.0205. The summed E-state index contributed by atoms with van der Waals surface area (Å²) in [5, 5.41) is 10.1. The third kappa shape index (κ3) is 2.49. The molecule has 1 nitrogen and oxygen atoms in total. The van der Waals surface area contributed by atoms with Gasteiger partial charge in [-0.3, -0.25) is 0 Å². The predicted molar refractivity (Wildman–Crippen MR) is 54.0 cm³/mol. The summed E-state index contributed by atoms with van der Waals surface area (Å²) in [5.74, 6) is 0. The van der Waals surface area contributed by atoms with Gasteiger partial charge in [0.15, 0.2) is 0 Å². The van der Waals surface area contributed by atoms with Gasteiger partial charge in [0.2, 0.25) is 0 Å². The molecular formula is C11H20O. The van der Waals surface area contributed by atoms with E-state index in [1.165, 1.54) is 0 Å². The van der Waals surface area contributed by atoms with E-state index in [4.69, 9.17) is 0 Å². The van der Waals surface area contributed by atoms with Crippen molar-refractivity contribution >= 4 is 0 Å². The van der Waals surface area contributed by atoms with Gasteiger partial charge in [-0.1, -0.05) is 31.6 Å². The van der Waals surface area contributed by atoms with E-state index in [9.17, 15) is 5.11 Å². The van der Waals surface area contributed by atoms with Gasteiger partial charge in [0.05, 0.1) is 5.60 Å². The van der Waals surface area contributed by atoms with Gasteiger partial charge in [0.1, 0.15) is 0 Å². The fourth-order valence-electron chi connectivity index (χ4n) is 0.955. The standard InChI is InChI=1S/C11H20O/c1-7-10(4,5)11(6,12)8-9(2)3/h7-8,12H,1H2,2-6H3/t11-/m1/s1. The molecule has 70 valence electrons. The zero-order chi connectivity index (χ0) is 9.99. The predicted octanol–water partition coefficient (Wildman–Crippen LogP) is 2.92. The van der Waals surface area contributed by atoms with Crippen LogP contribution in [0.3, 0.4) is 0 Å². The smallest absolute Gasteiger partial charge is 0.0886 e. The Morgan fingerprint density at radius 3 is 1.92 bits per heavy atom. The quantitative estimate of drug-likeness (QED) is 0.642. The zero-order valence-corrected chi connectivity index (χ0v) is 8.81. The first-order valence-corrected chi connectivity index (χ1v) is 4.25. The minimum atomic E-state index is -0.812. The highest BCUT2D eigenvalue weighted by atomic mass is 16.3. The van der Waals surface area contributed by atoms with Crippen molar-refractivity contribution in [2.45, 2.75) is 40.2 Å². The van der Waals surface area contributed by atoms with Crippen molar-refractivity contribution in [1.29, 1.82) is 0 Å². The molecule has 0 heterocycles. The first-order valence-electron chi connectivity index (χ1n) is 4.25. The lowest BCUT2D eigenvalue weighted by atomic mass is 9.75. The summed E-state index contributed by atoms with van der Waals surface area (Å²) in [6.07, 6.45) is 3.65. The normalized spacial score (nSPS) is 16.5. The van der Waals surface area contributed by atoms with Crippen LogP contribution in [0.5, 0.6) is 0 Å². The summed E-state index contributed by atoms with van der Waals surface area (Å²) in [6.45, 7) is 13.4. The van der Waals surface area contributed by atoms with E-state index in [1.807, 2.05) is 40.7 Å². The Hall–Kier alpha value is -0.560. The maximum atomic E-state index is 10.1. The fraction of sp³-hybridized carbons (Fsp3) is 0.636. The third-order valence-electron chi connectivity index (χ3n) is 2.38. The molecule has 1 N–H and O–H groups in total. The van der Waals surface area contributed by atoms with Crippen LogP contribution < -0.4 is 0 Å². The van der Waals surface area contributed by atoms with Crippen LogP contribution in [0.15, 0.2) is 24.3 Å². The van der Waals surface area contributed by atoms with E-state index in [2.05, 4.69) is 6.58 Å². The van der Waals surface area contributed by atoms with E-state index in [1.54, 1.807) is 6.08 Å². The van der Waals surface area contributed by atoms with Crippen LogP contribution >= 0.6 is 0 Å². The van der Waals surface area contributed by atoms with Crippen LogP contribution in [0, 0.1) is 5.41 Å². The molecular weight excluding hydrogens is 148 g/mol. The molecule has 0 radical (unpaired) electrons. The first-order chi connectivity index (χ1) is 5.23. The second-order valence-electron chi connectivity index (χ2n) is 4.30. The average Bonchev–Trinajstić information content (AvgIpc) is 1.84. The fourth-order valence-corrected chi connectivity index (χ4v) is 0.955. The number of aliphatic hydroxyl groups is 1. The van der Waals surface area contributed by atoms with Crippen LogP contribution in [0.25, 0.3) is 0 Å². The molecule has 0 fully saturated rings. The van der Waals surface area contributed by atoms with Gasteiger partial charge in [-0.15, -0.1) is 6.58 Å². The summed E-state index contributed by atoms with van der Waals surface area (Å²) in [7, 11) is 0. The van der Waals surface area contributed by atoms with Crippen molar-refractivity contribution in [3.63, 3.8) is 0 Å². The van der Waals surface area contributed by atoms with Crippen LogP contribution in [-0.2, 0) is 0 Å². The van der Waals surface area contributed by atoms with Crippen molar-refractivity contribution in [1.82, 2.24) is 0 Å². The summed E-state index contributed by atoms with van der Waals surface area (Å²) in [4.78, 5) is 0. The maximum absolute atomic E-state index is 10.1. The molecule has 12 heavy (non-hydrogen) atoms. The monoisotopic (exact) mass is 168 g/mol. The minimum Gasteiger partial charge on any atom is -0.385 e. The molecule has 0 aromatic carbocycles. The Balaban J connectivity index is 4.84. The lowest BCUT2D eigenvalue weighted by Crippen LogP contribution is -2.38. The summed E-state index contributed by atoms with van der Waals surface area (Å²) >= 11 is 0. The first kappa shape index (κ1) is 11.4. The molecule has 0 unspecified atom stereocenters. The van der Waals surface area contributed by atoms with E-state index in [0.29, 0.717) is 0 Å². The largest absolute Gasteiger partial charge is 0.385 e. The third-order valence-corrected chi connectivity index (χ3v) is 2.38. The lowest BCUT2D eigenvalue weighted by Gasteiger charge is -2.35. The Morgan fingerprint density at radius 1 is 1.25 bits per heavy atom. The number of rotatable bonds is 3. The average molecular weight is 168 g/mol. The molecule has 0 amide bonds. The molecule has 0 rings (SSSR count). The Kier molecular flexibility index (Phi) is 3.28. The molecule has 0 aliphatic carbocycles. The van der Waals surface area contributed by atoms with Gasteiger partial charge in [0, 0.05) is 5.41 Å². The highest BCUT2D eigenvalue weighted by molar-refractivity contribution is 5.14. The van der Waals surface area contributed by atoms with E-state index in [-0.39, 0.29) is 5.41 Å². The molecule has 0 saturated heterocycles. The molecule has 0 aromatic rings. The summed E-state index contributed by atoms with van der Waals surface area (Å²) < 4.78 is 0. The van der Waals surface area contributed by atoms with Gasteiger partial charge in [0.25, 0.3) is 0 Å². The second kappa shape index (κ2) is 3.44. The summed E-state index contributed by atoms with van der Waals surface area (Å²) in [6, 6.07) is 0. The highest BCUT2D eigenvalue weighted by Crippen LogP contribution is 2.33. The van der Waals surface area contributed by atoms with Crippen LogP contribution in [-0.4, -0.2) is 10.7 Å². The maximum Gasteiger partial charge on any atom is 0.0886 e. The van der Waals surface area contributed by atoms with Crippen molar-refractivity contribution in [2.75, 3.05) is 0 Å². The number of hydrogen-bond acceptors (Lipinski definition) is 1. The Morgan fingerprint density at radius 2 is 1.67 bits per heavy atom. The van der Waals surface area contributed by atoms with Gasteiger partial charge in [-0.05, 0) is 20.8 Å². The summed E-state index contributed by atoms with van der Waals surface area (Å²) in [5.41, 5.74) is 0.0209. The zero-order valence-electron chi connectivity index (χ0n) is 8.81. The molecule has 1 heteroatoms. The topological polar surface area (TPSA) is 20.2 Å². The molecule has 0 bridgehead atoms. The molecule has 0 aliphatic rings. The molecule has 0 aromatic heterocycles. The van der Waals surface area contributed by atoms with Gasteiger partial charge in [-0.2, -0.15) is 0 Å². The Labute approximate surface area is 75.8 Å². The van der Waals surface area contributed by atoms with Crippen molar-refractivity contribution < 1.29 is 5.11 Å². The van der Waals surface area contributed by atoms with E-state index >= 15 is 0 Å². The van der Waals surface area contributed by atoms with Crippen molar-refractivity contribution in [3.8, 4) is 0 Å². The molecule has 0 spiro atoms. The van der Waals surface area contributed by atoms with Crippen LogP contribution in [0.4, 0.5) is 0 Å². The number of allylic oxidation sites excluding steroid dienone is 1. The van der Waals surface area contributed by atoms with Crippen LogP contribution in [0.2, 0.25) is 0 Å². The highest BCUT2D eigenvalue weighted by Gasteiger charge is 2.34. The number of hydrogen-bond donors (Lipinski definition) is 1. The van der Waals surface area contributed by atoms with Gasteiger partial charge < -0.3 is 5.11 Å². The van der Waals surface area contributed by atoms with Crippen molar-refractivity contribution in [3.05, 3.63) is 24.3 Å². The second-order valence-corrected chi connectivity index (χ2v) is 4.30. The van der Waals surface area contributed by atoms with Crippen LogP contribution in [0.1, 0.15) is 34.6 Å². The van der Waals surface area contributed by atoms with E-state index < -0.39 is 5.60 Å². The van der Waals surface area contributed by atoms with E-state index in [0.717, 1.165) is 5.57 Å². The molecule has 0 aliphatic heterocycles. The molecule has 0 saturated carbocycles. The van der Waals surface area contributed by atoms with Gasteiger partial charge in [-0.25, -0.2) is 0 Å². The van der Waals surface area contributed by atoms with Crippen molar-refractivity contribution in [2.24, 2.45) is 5.41 Å². The molecule has 1 atom stereocenters. The Bertz CT molecular complexity index is 193. The SMILES string of the molecule is C=CC(C)(C)[C@](C)(O)C=C(C)C.